The van der Waals surface area contributed by atoms with Crippen LogP contribution >= 0.6 is 11.3 Å². The summed E-state index contributed by atoms with van der Waals surface area (Å²) >= 11 is 1.21. The predicted octanol–water partition coefficient (Wildman–Crippen LogP) is 2.98. The van der Waals surface area contributed by atoms with Crippen LogP contribution in [0.3, 0.4) is 0 Å². The van der Waals surface area contributed by atoms with Crippen molar-refractivity contribution in [1.29, 1.82) is 0 Å². The normalized spacial score (nSPS) is 11.8. The zero-order valence-electron chi connectivity index (χ0n) is 16.4. The van der Waals surface area contributed by atoms with E-state index < -0.39 is 30.5 Å². The van der Waals surface area contributed by atoms with E-state index in [0.717, 1.165) is 5.56 Å². The fourth-order valence-electron chi connectivity index (χ4n) is 2.55. The van der Waals surface area contributed by atoms with Crippen LogP contribution in [0, 0.1) is 12.8 Å². The van der Waals surface area contributed by atoms with Gasteiger partial charge in [-0.2, -0.15) is 0 Å². The fraction of sp³-hybridized carbons (Fsp3) is 0.400. The van der Waals surface area contributed by atoms with Gasteiger partial charge in [0, 0.05) is 5.56 Å². The molecule has 1 aromatic heterocycles. The molecule has 1 atom stereocenters. The molecule has 1 aromatic carbocycles. The molecule has 8 heteroatoms. The molecule has 150 valence electrons. The van der Waals surface area contributed by atoms with Gasteiger partial charge < -0.3 is 14.8 Å². The van der Waals surface area contributed by atoms with Crippen molar-refractivity contribution in [2.45, 2.75) is 33.2 Å². The summed E-state index contributed by atoms with van der Waals surface area (Å²) in [6.07, 6.45) is 0.431. The predicted molar refractivity (Wildman–Crippen MR) is 106 cm³/mol. The number of aromatic nitrogens is 1. The van der Waals surface area contributed by atoms with Crippen molar-refractivity contribution in [2.75, 3.05) is 13.7 Å². The first-order valence-corrected chi connectivity index (χ1v) is 9.70. The van der Waals surface area contributed by atoms with E-state index in [9.17, 15) is 14.4 Å². The van der Waals surface area contributed by atoms with Crippen molar-refractivity contribution >= 4 is 29.2 Å². The van der Waals surface area contributed by atoms with E-state index in [1.54, 1.807) is 6.92 Å². The summed E-state index contributed by atoms with van der Waals surface area (Å²) in [5, 5.41) is 3.25. The third kappa shape index (κ3) is 5.88. The topological polar surface area (TPSA) is 94.6 Å². The number of rotatable bonds is 8. The number of hydrogen-bond donors (Lipinski definition) is 1. The highest BCUT2D eigenvalue weighted by Gasteiger charge is 2.24. The number of carbonyl (C=O) groups is 3. The van der Waals surface area contributed by atoms with E-state index >= 15 is 0 Å². The number of esters is 2. The average molecular weight is 404 g/mol. The lowest BCUT2D eigenvalue weighted by Crippen LogP contribution is -2.44. The molecule has 0 fully saturated rings. The summed E-state index contributed by atoms with van der Waals surface area (Å²) in [5.41, 5.74) is 1.45. The van der Waals surface area contributed by atoms with Crippen LogP contribution in [-0.2, 0) is 19.1 Å². The zero-order valence-corrected chi connectivity index (χ0v) is 17.2. The lowest BCUT2D eigenvalue weighted by molar-refractivity contribution is -0.145. The molecule has 1 heterocycles. The highest BCUT2D eigenvalue weighted by molar-refractivity contribution is 7.17. The first kappa shape index (κ1) is 21.6. The third-order valence-corrected chi connectivity index (χ3v) is 5.05. The Kier molecular flexibility index (Phi) is 7.69. The standard InChI is InChI=1S/C20H24N2O5S/c1-12(2)10-15(19(24)26-4)22-16(23)11-27-20(25)17-13(3)21-18(28-17)14-8-6-5-7-9-14/h5-9,12,15H,10-11H2,1-4H3,(H,22,23)/t15-/m1/s1. The smallest absolute Gasteiger partial charge is 0.350 e. The second-order valence-corrected chi connectivity index (χ2v) is 7.65. The Balaban J connectivity index is 1.97. The molecular formula is C20H24N2O5S. The molecular weight excluding hydrogens is 380 g/mol. The summed E-state index contributed by atoms with van der Waals surface area (Å²) in [5.74, 6) is -1.52. The minimum absolute atomic E-state index is 0.184. The molecule has 1 N–H and O–H groups in total. The molecule has 0 bridgehead atoms. The molecule has 2 rings (SSSR count). The minimum atomic E-state index is -0.772. The number of methoxy groups -OCH3 is 1. The van der Waals surface area contributed by atoms with Gasteiger partial charge in [-0.3, -0.25) is 4.79 Å². The van der Waals surface area contributed by atoms with Crippen molar-refractivity contribution in [1.82, 2.24) is 10.3 Å². The minimum Gasteiger partial charge on any atom is -0.467 e. The Morgan fingerprint density at radius 1 is 1.18 bits per heavy atom. The quantitative estimate of drug-likeness (QED) is 0.680. The van der Waals surface area contributed by atoms with Crippen molar-refractivity contribution in [2.24, 2.45) is 5.92 Å². The van der Waals surface area contributed by atoms with Gasteiger partial charge in [-0.15, -0.1) is 11.3 Å². The van der Waals surface area contributed by atoms with Crippen LogP contribution in [-0.4, -0.2) is 42.6 Å². The summed E-state index contributed by atoms with van der Waals surface area (Å²) in [4.78, 5) is 41.0. The average Bonchev–Trinajstić information content (AvgIpc) is 3.07. The van der Waals surface area contributed by atoms with Crippen molar-refractivity contribution < 1.29 is 23.9 Å². The summed E-state index contributed by atoms with van der Waals surface area (Å²) in [7, 11) is 1.26. The summed E-state index contributed by atoms with van der Waals surface area (Å²) < 4.78 is 9.81. The molecule has 0 radical (unpaired) electrons. The maximum atomic E-state index is 12.3. The maximum Gasteiger partial charge on any atom is 0.350 e. The zero-order chi connectivity index (χ0) is 20.7. The molecule has 2 aromatic rings. The number of hydrogen-bond acceptors (Lipinski definition) is 7. The first-order valence-electron chi connectivity index (χ1n) is 8.89. The number of ether oxygens (including phenoxy) is 2. The number of aryl methyl sites for hydroxylation is 1. The van der Waals surface area contributed by atoms with Crippen LogP contribution < -0.4 is 5.32 Å². The Hall–Kier alpha value is -2.74. The Bertz CT molecular complexity index is 832. The van der Waals surface area contributed by atoms with Gasteiger partial charge in [0.2, 0.25) is 0 Å². The van der Waals surface area contributed by atoms with Crippen LogP contribution in [0.5, 0.6) is 0 Å². The van der Waals surface area contributed by atoms with Crippen LogP contribution in [0.2, 0.25) is 0 Å². The van der Waals surface area contributed by atoms with E-state index in [-0.39, 0.29) is 5.92 Å². The van der Waals surface area contributed by atoms with Gasteiger partial charge in [-0.05, 0) is 19.3 Å². The van der Waals surface area contributed by atoms with Gasteiger partial charge in [0.05, 0.1) is 12.8 Å². The molecule has 0 spiro atoms. The lowest BCUT2D eigenvalue weighted by Gasteiger charge is -2.18. The highest BCUT2D eigenvalue weighted by atomic mass is 32.1. The van der Waals surface area contributed by atoms with Gasteiger partial charge in [0.15, 0.2) is 6.61 Å². The van der Waals surface area contributed by atoms with Crippen LogP contribution in [0.15, 0.2) is 30.3 Å². The number of carbonyl (C=O) groups excluding carboxylic acids is 3. The fourth-order valence-corrected chi connectivity index (χ4v) is 3.52. The lowest BCUT2D eigenvalue weighted by atomic mass is 10.0. The molecule has 0 unspecified atom stereocenters. The monoisotopic (exact) mass is 404 g/mol. The van der Waals surface area contributed by atoms with Gasteiger partial charge in [-0.25, -0.2) is 14.6 Å². The van der Waals surface area contributed by atoms with Crippen LogP contribution in [0.25, 0.3) is 10.6 Å². The molecule has 0 aliphatic carbocycles. The van der Waals surface area contributed by atoms with Crippen molar-refractivity contribution in [3.05, 3.63) is 40.9 Å². The Labute approximate surface area is 168 Å². The first-order chi connectivity index (χ1) is 13.3. The SMILES string of the molecule is COC(=O)[C@@H](CC(C)C)NC(=O)COC(=O)c1sc(-c2ccccc2)nc1C. The molecule has 0 aliphatic heterocycles. The maximum absolute atomic E-state index is 12.3. The van der Waals surface area contributed by atoms with E-state index in [0.29, 0.717) is 22.0 Å². The Morgan fingerprint density at radius 3 is 2.46 bits per heavy atom. The third-order valence-electron chi connectivity index (χ3n) is 3.87. The summed E-state index contributed by atoms with van der Waals surface area (Å²) in [6, 6.07) is 8.72. The van der Waals surface area contributed by atoms with Gasteiger partial charge in [0.25, 0.3) is 5.91 Å². The second-order valence-electron chi connectivity index (χ2n) is 6.65. The molecule has 0 saturated carbocycles. The summed E-state index contributed by atoms with van der Waals surface area (Å²) in [6.45, 7) is 5.09. The van der Waals surface area contributed by atoms with Crippen LogP contribution in [0.1, 0.15) is 35.6 Å². The van der Waals surface area contributed by atoms with E-state index in [4.69, 9.17) is 9.47 Å². The molecule has 0 aliphatic rings. The number of nitrogens with zero attached hydrogens (tertiary/aromatic N) is 1. The molecule has 0 saturated heterocycles. The van der Waals surface area contributed by atoms with E-state index in [1.165, 1.54) is 18.4 Å². The molecule has 28 heavy (non-hydrogen) atoms. The van der Waals surface area contributed by atoms with Crippen LogP contribution in [0.4, 0.5) is 0 Å². The Morgan fingerprint density at radius 2 is 1.86 bits per heavy atom. The number of nitrogens with one attached hydrogen (secondary N) is 1. The molecule has 7 nitrogen and oxygen atoms in total. The number of amides is 1. The largest absolute Gasteiger partial charge is 0.467 e. The van der Waals surface area contributed by atoms with E-state index in [2.05, 4.69) is 10.3 Å². The highest BCUT2D eigenvalue weighted by Crippen LogP contribution is 2.28. The van der Waals surface area contributed by atoms with Gasteiger partial charge in [0.1, 0.15) is 15.9 Å². The van der Waals surface area contributed by atoms with Crippen molar-refractivity contribution in [3.63, 3.8) is 0 Å². The van der Waals surface area contributed by atoms with Crippen molar-refractivity contribution in [3.8, 4) is 10.6 Å². The number of thiazole rings is 1. The van der Waals surface area contributed by atoms with E-state index in [1.807, 2.05) is 44.2 Å². The van der Waals surface area contributed by atoms with Gasteiger partial charge >= 0.3 is 11.9 Å². The molecule has 1 amide bonds. The second kappa shape index (κ2) is 9.98. The number of benzene rings is 1. The van der Waals surface area contributed by atoms with Gasteiger partial charge in [-0.1, -0.05) is 44.2 Å².